The van der Waals surface area contributed by atoms with Crippen molar-refractivity contribution in [3.05, 3.63) is 95.1 Å². The number of hydrogen-bond acceptors (Lipinski definition) is 7. The van der Waals surface area contributed by atoms with Gasteiger partial charge in [-0.1, -0.05) is 48.5 Å². The summed E-state index contributed by atoms with van der Waals surface area (Å²) in [6.07, 6.45) is 0. The summed E-state index contributed by atoms with van der Waals surface area (Å²) in [5, 5.41) is 6.30. The van der Waals surface area contributed by atoms with Gasteiger partial charge >= 0.3 is 5.97 Å². The van der Waals surface area contributed by atoms with E-state index in [0.717, 1.165) is 16.8 Å². The largest absolute Gasteiger partial charge is 0.465 e. The van der Waals surface area contributed by atoms with E-state index in [1.165, 1.54) is 7.11 Å². The predicted octanol–water partition coefficient (Wildman–Crippen LogP) is 3.64. The molecule has 0 aromatic heterocycles. The number of nitrogens with zero attached hydrogens (tertiary/aromatic N) is 1. The van der Waals surface area contributed by atoms with Crippen LogP contribution >= 0.6 is 0 Å². The van der Waals surface area contributed by atoms with Crippen molar-refractivity contribution >= 4 is 44.4 Å². The quantitative estimate of drug-likeness (QED) is 0.380. The van der Waals surface area contributed by atoms with Crippen LogP contribution in [0, 0.1) is 0 Å². The summed E-state index contributed by atoms with van der Waals surface area (Å²) >= 11 is 0. The summed E-state index contributed by atoms with van der Waals surface area (Å²) in [5.41, 5.74) is 5.47. The Hall–Kier alpha value is -3.95. The number of carbonyl (C=O) groups is 2. The van der Waals surface area contributed by atoms with Crippen molar-refractivity contribution in [1.82, 2.24) is 4.90 Å². The Bertz CT molecular complexity index is 1470. The Morgan fingerprint density at radius 3 is 2.35 bits per heavy atom. The lowest BCUT2D eigenvalue weighted by Crippen LogP contribution is -2.39. The second-order valence-corrected chi connectivity index (χ2v) is 11.4. The fraction of sp³-hybridized carbons (Fsp3) is 0.214. The van der Waals surface area contributed by atoms with E-state index < -0.39 is 15.8 Å². The van der Waals surface area contributed by atoms with Gasteiger partial charge in [0.15, 0.2) is 9.84 Å². The highest BCUT2D eigenvalue weighted by molar-refractivity contribution is 7.91. The summed E-state index contributed by atoms with van der Waals surface area (Å²) < 4.78 is 28.2. The number of fused-ring (bicyclic) bond motifs is 1. The van der Waals surface area contributed by atoms with E-state index in [1.807, 2.05) is 54.6 Å². The van der Waals surface area contributed by atoms with Gasteiger partial charge in [-0.05, 0) is 35.4 Å². The molecule has 2 heterocycles. The van der Waals surface area contributed by atoms with Crippen molar-refractivity contribution in [2.75, 3.05) is 42.3 Å². The third kappa shape index (κ3) is 5.42. The SMILES string of the molecule is COC(=O)c1ccc2c(c1)NC(=O)C2=C(Nc1ccc(CN2CCS(=O)(=O)CC2)cc1)c1ccccc1. The topological polar surface area (TPSA) is 105 Å². The van der Waals surface area contributed by atoms with E-state index >= 15 is 0 Å². The van der Waals surface area contributed by atoms with Gasteiger partial charge in [0.1, 0.15) is 0 Å². The average molecular weight is 518 g/mol. The average Bonchev–Trinajstić information content (AvgIpc) is 3.24. The molecule has 2 aliphatic heterocycles. The minimum absolute atomic E-state index is 0.200. The molecule has 37 heavy (non-hydrogen) atoms. The molecule has 0 unspecified atom stereocenters. The summed E-state index contributed by atoms with van der Waals surface area (Å²) in [5.74, 6) is -0.335. The van der Waals surface area contributed by atoms with Gasteiger partial charge < -0.3 is 15.4 Å². The molecule has 0 radical (unpaired) electrons. The van der Waals surface area contributed by atoms with Gasteiger partial charge in [0.25, 0.3) is 5.91 Å². The summed E-state index contributed by atoms with van der Waals surface area (Å²) in [6.45, 7) is 1.76. The van der Waals surface area contributed by atoms with Gasteiger partial charge in [-0.2, -0.15) is 0 Å². The van der Waals surface area contributed by atoms with Crippen LogP contribution in [0.2, 0.25) is 0 Å². The molecule has 3 aromatic carbocycles. The number of ether oxygens (including phenoxy) is 1. The number of anilines is 2. The molecule has 8 nitrogen and oxygen atoms in total. The fourth-order valence-electron chi connectivity index (χ4n) is 4.55. The number of rotatable bonds is 6. The number of hydrogen-bond donors (Lipinski definition) is 2. The maximum Gasteiger partial charge on any atom is 0.337 e. The lowest BCUT2D eigenvalue weighted by molar-refractivity contribution is -0.110. The Morgan fingerprint density at radius 2 is 1.68 bits per heavy atom. The first-order valence-electron chi connectivity index (χ1n) is 12.0. The maximum atomic E-state index is 13.1. The van der Waals surface area contributed by atoms with Crippen molar-refractivity contribution in [2.24, 2.45) is 0 Å². The van der Waals surface area contributed by atoms with E-state index in [-0.39, 0.29) is 17.4 Å². The van der Waals surface area contributed by atoms with Gasteiger partial charge in [0.05, 0.1) is 41.1 Å². The molecule has 1 fully saturated rings. The van der Waals surface area contributed by atoms with Crippen LogP contribution in [0.5, 0.6) is 0 Å². The number of amides is 1. The Morgan fingerprint density at radius 1 is 0.973 bits per heavy atom. The summed E-state index contributed by atoms with van der Waals surface area (Å²) in [7, 11) is -1.59. The lowest BCUT2D eigenvalue weighted by Gasteiger charge is -2.26. The first-order valence-corrected chi connectivity index (χ1v) is 13.8. The molecule has 1 saturated heterocycles. The molecule has 0 atom stereocenters. The van der Waals surface area contributed by atoms with Crippen LogP contribution in [-0.4, -0.2) is 56.9 Å². The van der Waals surface area contributed by atoms with Gasteiger partial charge in [-0.15, -0.1) is 0 Å². The second kappa shape index (κ2) is 10.2. The fourth-order valence-corrected chi connectivity index (χ4v) is 5.83. The third-order valence-corrected chi connectivity index (χ3v) is 8.17. The van der Waals surface area contributed by atoms with Crippen LogP contribution in [0.25, 0.3) is 11.3 Å². The van der Waals surface area contributed by atoms with E-state index in [1.54, 1.807) is 18.2 Å². The molecule has 190 valence electrons. The molecule has 0 aliphatic carbocycles. The highest BCUT2D eigenvalue weighted by Gasteiger charge is 2.29. The van der Waals surface area contributed by atoms with Crippen LogP contribution in [-0.2, 0) is 25.9 Å². The number of methoxy groups -OCH3 is 1. The smallest absolute Gasteiger partial charge is 0.337 e. The molecule has 5 rings (SSSR count). The van der Waals surface area contributed by atoms with E-state index in [4.69, 9.17) is 4.74 Å². The molecular weight excluding hydrogens is 490 g/mol. The Labute approximate surface area is 215 Å². The third-order valence-electron chi connectivity index (χ3n) is 6.56. The first kappa shape index (κ1) is 24.7. The van der Waals surface area contributed by atoms with Gasteiger partial charge in [-0.25, -0.2) is 13.2 Å². The molecule has 3 aromatic rings. The first-order chi connectivity index (χ1) is 17.8. The molecule has 0 saturated carbocycles. The van der Waals surface area contributed by atoms with Crippen LogP contribution < -0.4 is 10.6 Å². The number of nitrogens with one attached hydrogen (secondary N) is 2. The zero-order valence-corrected chi connectivity index (χ0v) is 21.2. The highest BCUT2D eigenvalue weighted by atomic mass is 32.2. The molecule has 1 amide bonds. The number of esters is 1. The molecule has 2 N–H and O–H groups in total. The molecule has 9 heteroatoms. The zero-order chi connectivity index (χ0) is 26.0. The van der Waals surface area contributed by atoms with Crippen LogP contribution in [0.15, 0.2) is 72.8 Å². The molecule has 0 spiro atoms. The summed E-state index contributed by atoms with van der Waals surface area (Å²) in [6, 6.07) is 22.5. The standard InChI is InChI=1S/C28H27N3O5S/c1-36-28(33)21-9-12-23-24(17-21)30-27(32)25(23)26(20-5-3-2-4-6-20)29-22-10-7-19(8-11-22)18-31-13-15-37(34,35)16-14-31/h2-12,17,29H,13-16,18H2,1H3,(H,30,32). The maximum absolute atomic E-state index is 13.1. The highest BCUT2D eigenvalue weighted by Crippen LogP contribution is 2.38. The van der Waals surface area contributed by atoms with Crippen molar-refractivity contribution < 1.29 is 22.7 Å². The van der Waals surface area contributed by atoms with Crippen LogP contribution in [0.4, 0.5) is 11.4 Å². The zero-order valence-electron chi connectivity index (χ0n) is 20.4. The van der Waals surface area contributed by atoms with Gasteiger partial charge in [-0.3, -0.25) is 9.69 Å². The van der Waals surface area contributed by atoms with E-state index in [0.29, 0.717) is 47.7 Å². The normalized spacial score (nSPS) is 18.0. The van der Waals surface area contributed by atoms with E-state index in [2.05, 4.69) is 15.5 Å². The number of benzene rings is 3. The van der Waals surface area contributed by atoms with E-state index in [9.17, 15) is 18.0 Å². The van der Waals surface area contributed by atoms with Crippen LogP contribution in [0.3, 0.4) is 0 Å². The van der Waals surface area contributed by atoms with Gasteiger partial charge in [0.2, 0.25) is 0 Å². The van der Waals surface area contributed by atoms with Crippen molar-refractivity contribution in [3.63, 3.8) is 0 Å². The van der Waals surface area contributed by atoms with Crippen molar-refractivity contribution in [2.45, 2.75) is 6.54 Å². The summed E-state index contributed by atoms with van der Waals surface area (Å²) in [4.78, 5) is 27.2. The van der Waals surface area contributed by atoms with Crippen molar-refractivity contribution in [3.8, 4) is 0 Å². The number of sulfone groups is 1. The minimum atomic E-state index is -2.91. The Balaban J connectivity index is 1.44. The minimum Gasteiger partial charge on any atom is -0.465 e. The van der Waals surface area contributed by atoms with Crippen LogP contribution in [0.1, 0.15) is 27.0 Å². The van der Waals surface area contributed by atoms with Crippen molar-refractivity contribution in [1.29, 1.82) is 0 Å². The monoisotopic (exact) mass is 517 g/mol. The Kier molecular flexibility index (Phi) is 6.82. The second-order valence-electron chi connectivity index (χ2n) is 9.07. The molecular formula is C28H27N3O5S. The molecule has 2 aliphatic rings. The lowest BCUT2D eigenvalue weighted by atomic mass is 9.99. The van der Waals surface area contributed by atoms with Gasteiger partial charge in [0, 0.05) is 30.9 Å². The molecule has 0 bridgehead atoms. The predicted molar refractivity (Wildman–Crippen MR) is 144 cm³/mol. The number of carbonyl (C=O) groups excluding carboxylic acids is 2.